The second-order valence-corrected chi connectivity index (χ2v) is 6.59. The van der Waals surface area contributed by atoms with Crippen LogP contribution in [0.2, 0.25) is 0 Å². The Bertz CT molecular complexity index is 427. The van der Waals surface area contributed by atoms with E-state index in [4.69, 9.17) is 0 Å². The third-order valence-electron chi connectivity index (χ3n) is 3.90. The van der Waals surface area contributed by atoms with Gasteiger partial charge in [-0.2, -0.15) is 11.8 Å². The van der Waals surface area contributed by atoms with Gasteiger partial charge in [-0.25, -0.2) is 0 Å². The first-order valence-corrected chi connectivity index (χ1v) is 9.08. The fourth-order valence-corrected chi connectivity index (χ4v) is 3.21. The maximum atomic E-state index is 12.0. The van der Waals surface area contributed by atoms with Crippen LogP contribution in [0.4, 0.5) is 0 Å². The van der Waals surface area contributed by atoms with Gasteiger partial charge in [0, 0.05) is 25.5 Å². The molecule has 1 aromatic rings. The number of hydrogen-bond donors (Lipinski definition) is 1. The van der Waals surface area contributed by atoms with E-state index in [1.54, 1.807) is 24.5 Å². The molecule has 1 aromatic heterocycles. The molecule has 0 spiro atoms. The summed E-state index contributed by atoms with van der Waals surface area (Å²) < 4.78 is 0. The Morgan fingerprint density at radius 1 is 1.57 bits per heavy atom. The average Bonchev–Trinajstić information content (AvgIpc) is 2.54. The van der Waals surface area contributed by atoms with Gasteiger partial charge in [0.15, 0.2) is 0 Å². The van der Waals surface area contributed by atoms with Gasteiger partial charge >= 0.3 is 0 Å². The number of carbonyl (C=O) groups excluding carboxylic acids is 1. The van der Waals surface area contributed by atoms with Crippen molar-refractivity contribution in [1.29, 1.82) is 0 Å². The van der Waals surface area contributed by atoms with E-state index < -0.39 is 0 Å². The molecule has 5 heteroatoms. The molecular weight excluding hydrogens is 282 g/mol. The van der Waals surface area contributed by atoms with Crippen LogP contribution >= 0.6 is 11.8 Å². The number of piperidine rings is 1. The van der Waals surface area contributed by atoms with Gasteiger partial charge in [-0.3, -0.25) is 9.78 Å². The number of likely N-dealkylation sites (tertiary alicyclic amines) is 1. The van der Waals surface area contributed by atoms with E-state index in [1.807, 2.05) is 11.8 Å². The number of nitrogens with one attached hydrogen (secondary N) is 1. The number of pyridine rings is 1. The zero-order valence-electron chi connectivity index (χ0n) is 12.8. The number of rotatable bonds is 7. The molecule has 1 aliphatic rings. The highest BCUT2D eigenvalue weighted by atomic mass is 32.2. The Labute approximate surface area is 131 Å². The summed E-state index contributed by atoms with van der Waals surface area (Å²) in [5.41, 5.74) is 0.644. The third-order valence-corrected chi connectivity index (χ3v) is 4.60. The smallest absolute Gasteiger partial charge is 0.252 e. The van der Waals surface area contributed by atoms with Gasteiger partial charge in [-0.05, 0) is 62.4 Å². The minimum absolute atomic E-state index is 0.0115. The lowest BCUT2D eigenvalue weighted by atomic mass is 9.98. The molecule has 1 amide bonds. The summed E-state index contributed by atoms with van der Waals surface area (Å²) in [5.74, 6) is 1.80. The highest BCUT2D eigenvalue weighted by molar-refractivity contribution is 7.98. The van der Waals surface area contributed by atoms with Crippen molar-refractivity contribution in [2.75, 3.05) is 38.2 Å². The first-order chi connectivity index (χ1) is 10.3. The van der Waals surface area contributed by atoms with Gasteiger partial charge in [0.25, 0.3) is 5.91 Å². The first-order valence-electron chi connectivity index (χ1n) is 7.69. The van der Waals surface area contributed by atoms with E-state index in [-0.39, 0.29) is 5.91 Å². The van der Waals surface area contributed by atoms with Crippen molar-refractivity contribution in [2.45, 2.75) is 19.3 Å². The summed E-state index contributed by atoms with van der Waals surface area (Å²) in [5, 5.41) is 3.05. The highest BCUT2D eigenvalue weighted by Crippen LogP contribution is 2.16. The molecule has 21 heavy (non-hydrogen) atoms. The Hall–Kier alpha value is -1.07. The second kappa shape index (κ2) is 9.05. The molecule has 0 bridgehead atoms. The van der Waals surface area contributed by atoms with Crippen LogP contribution in [-0.2, 0) is 0 Å². The van der Waals surface area contributed by atoms with Gasteiger partial charge in [0.05, 0.1) is 5.56 Å². The monoisotopic (exact) mass is 307 g/mol. The van der Waals surface area contributed by atoms with Crippen LogP contribution in [0.1, 0.15) is 29.6 Å². The maximum Gasteiger partial charge on any atom is 0.252 e. The number of aromatic nitrogens is 1. The van der Waals surface area contributed by atoms with E-state index in [2.05, 4.69) is 21.5 Å². The lowest BCUT2D eigenvalue weighted by Crippen LogP contribution is -2.41. The van der Waals surface area contributed by atoms with Gasteiger partial charge in [-0.1, -0.05) is 0 Å². The molecule has 0 radical (unpaired) electrons. The van der Waals surface area contributed by atoms with Crippen molar-refractivity contribution < 1.29 is 4.79 Å². The first kappa shape index (κ1) is 16.3. The number of hydrogen-bond acceptors (Lipinski definition) is 4. The zero-order chi connectivity index (χ0) is 14.9. The van der Waals surface area contributed by atoms with Crippen molar-refractivity contribution in [1.82, 2.24) is 15.2 Å². The number of amides is 1. The molecule has 4 nitrogen and oxygen atoms in total. The molecule has 0 aromatic carbocycles. The standard InChI is InChI=1S/C16H25N3OS/c1-21-10-4-9-19-8-3-5-14(13-19)11-18-16(20)15-6-2-7-17-12-15/h2,6-7,12,14H,3-5,8-11,13H2,1H3,(H,18,20)/t14-/m1/s1. The number of thioether (sulfide) groups is 1. The summed E-state index contributed by atoms with van der Waals surface area (Å²) in [7, 11) is 0. The van der Waals surface area contributed by atoms with Gasteiger partial charge < -0.3 is 10.2 Å². The second-order valence-electron chi connectivity index (χ2n) is 5.61. The van der Waals surface area contributed by atoms with E-state index in [0.29, 0.717) is 11.5 Å². The number of nitrogens with zero attached hydrogens (tertiary/aromatic N) is 2. The van der Waals surface area contributed by atoms with E-state index in [9.17, 15) is 4.79 Å². The van der Waals surface area contributed by atoms with E-state index in [1.165, 1.54) is 38.1 Å². The molecule has 1 aliphatic heterocycles. The molecular formula is C16H25N3OS. The minimum Gasteiger partial charge on any atom is -0.352 e. The molecule has 0 aliphatic carbocycles. The fourth-order valence-electron chi connectivity index (χ4n) is 2.79. The van der Waals surface area contributed by atoms with Crippen LogP contribution in [0.15, 0.2) is 24.5 Å². The maximum absolute atomic E-state index is 12.0. The van der Waals surface area contributed by atoms with Crippen LogP contribution in [0.5, 0.6) is 0 Å². The van der Waals surface area contributed by atoms with Gasteiger partial charge in [0.2, 0.25) is 0 Å². The predicted octanol–water partition coefficient (Wildman–Crippen LogP) is 2.28. The molecule has 1 N–H and O–H groups in total. The number of carbonyl (C=O) groups is 1. The van der Waals surface area contributed by atoms with Crippen LogP contribution in [0.3, 0.4) is 0 Å². The topological polar surface area (TPSA) is 45.2 Å². The van der Waals surface area contributed by atoms with Crippen LogP contribution in [0, 0.1) is 5.92 Å². The molecule has 0 saturated carbocycles. The Balaban J connectivity index is 1.71. The fraction of sp³-hybridized carbons (Fsp3) is 0.625. The molecule has 2 heterocycles. The van der Waals surface area contributed by atoms with E-state index >= 15 is 0 Å². The van der Waals surface area contributed by atoms with E-state index in [0.717, 1.165) is 13.1 Å². The molecule has 116 valence electrons. The SMILES string of the molecule is CSCCCN1CCC[C@H](CNC(=O)c2cccnc2)C1. The van der Waals surface area contributed by atoms with Crippen molar-refractivity contribution in [2.24, 2.45) is 5.92 Å². The third kappa shape index (κ3) is 5.67. The normalized spacial score (nSPS) is 19.4. The Morgan fingerprint density at radius 2 is 2.48 bits per heavy atom. The van der Waals surface area contributed by atoms with Gasteiger partial charge in [-0.15, -0.1) is 0 Å². The average molecular weight is 307 g/mol. The Morgan fingerprint density at radius 3 is 3.24 bits per heavy atom. The van der Waals surface area contributed by atoms with Crippen molar-refractivity contribution in [3.8, 4) is 0 Å². The quantitative estimate of drug-likeness (QED) is 0.785. The summed E-state index contributed by atoms with van der Waals surface area (Å²) in [6.07, 6.45) is 9.18. The predicted molar refractivity (Wildman–Crippen MR) is 88.7 cm³/mol. The molecule has 2 rings (SSSR count). The summed E-state index contributed by atoms with van der Waals surface area (Å²) in [4.78, 5) is 18.5. The summed E-state index contributed by atoms with van der Waals surface area (Å²) in [6, 6.07) is 3.60. The molecule has 1 saturated heterocycles. The summed E-state index contributed by atoms with van der Waals surface area (Å²) in [6.45, 7) is 4.28. The zero-order valence-corrected chi connectivity index (χ0v) is 13.6. The Kier molecular flexibility index (Phi) is 7.03. The lowest BCUT2D eigenvalue weighted by Gasteiger charge is -2.32. The molecule has 1 fully saturated rings. The largest absolute Gasteiger partial charge is 0.352 e. The lowest BCUT2D eigenvalue weighted by molar-refractivity contribution is 0.0932. The molecule has 0 unspecified atom stereocenters. The molecule has 1 atom stereocenters. The van der Waals surface area contributed by atoms with Crippen LogP contribution in [0.25, 0.3) is 0 Å². The minimum atomic E-state index is -0.0115. The van der Waals surface area contributed by atoms with Gasteiger partial charge in [0.1, 0.15) is 0 Å². The van der Waals surface area contributed by atoms with Crippen LogP contribution in [-0.4, -0.2) is 54.0 Å². The van der Waals surface area contributed by atoms with Crippen LogP contribution < -0.4 is 5.32 Å². The van der Waals surface area contributed by atoms with Crippen molar-refractivity contribution in [3.05, 3.63) is 30.1 Å². The van der Waals surface area contributed by atoms with Crippen molar-refractivity contribution in [3.63, 3.8) is 0 Å². The summed E-state index contributed by atoms with van der Waals surface area (Å²) >= 11 is 1.91. The van der Waals surface area contributed by atoms with Crippen molar-refractivity contribution >= 4 is 17.7 Å². The highest BCUT2D eigenvalue weighted by Gasteiger charge is 2.20.